The predicted octanol–water partition coefficient (Wildman–Crippen LogP) is 3.73. The van der Waals surface area contributed by atoms with E-state index in [0.29, 0.717) is 18.3 Å². The molecule has 0 unspecified atom stereocenters. The van der Waals surface area contributed by atoms with Crippen molar-refractivity contribution >= 4 is 17.8 Å². The molecule has 2 aliphatic carbocycles. The Morgan fingerprint density at radius 3 is 2.49 bits per heavy atom. The fourth-order valence-corrected chi connectivity index (χ4v) is 6.37. The smallest absolute Gasteiger partial charge is 0.321 e. The van der Waals surface area contributed by atoms with Gasteiger partial charge in [-0.1, -0.05) is 36.8 Å². The Balaban J connectivity index is 1.33. The number of methoxy groups -OCH3 is 1. The van der Waals surface area contributed by atoms with Gasteiger partial charge in [0.2, 0.25) is 5.91 Å². The van der Waals surface area contributed by atoms with Crippen LogP contribution in [0.5, 0.6) is 6.01 Å². The van der Waals surface area contributed by atoms with Crippen LogP contribution in [0, 0.1) is 5.92 Å². The minimum Gasteiger partial charge on any atom is -0.467 e. The molecule has 0 atom stereocenters. The lowest BCUT2D eigenvalue weighted by Gasteiger charge is -2.51. The van der Waals surface area contributed by atoms with Crippen LogP contribution in [-0.2, 0) is 10.3 Å². The number of aromatic nitrogens is 2. The summed E-state index contributed by atoms with van der Waals surface area (Å²) in [6.45, 7) is 1.38. The zero-order chi connectivity index (χ0) is 26.0. The number of carbonyl (C=O) groups excluding carboxylic acids is 2. The largest absolute Gasteiger partial charge is 0.467 e. The minimum atomic E-state index is -0.266. The van der Waals surface area contributed by atoms with Gasteiger partial charge in [-0.3, -0.25) is 9.69 Å². The molecule has 1 saturated heterocycles. The van der Waals surface area contributed by atoms with Crippen molar-refractivity contribution in [2.24, 2.45) is 5.92 Å². The molecule has 5 rings (SSSR count). The van der Waals surface area contributed by atoms with Crippen LogP contribution in [-0.4, -0.2) is 83.0 Å². The van der Waals surface area contributed by atoms with Gasteiger partial charge >= 0.3 is 12.0 Å². The van der Waals surface area contributed by atoms with Gasteiger partial charge in [0.15, 0.2) is 0 Å². The lowest BCUT2D eigenvalue weighted by Crippen LogP contribution is -2.56. The second-order valence-corrected chi connectivity index (χ2v) is 11.0. The van der Waals surface area contributed by atoms with Crippen LogP contribution in [0.25, 0.3) is 0 Å². The molecule has 2 heterocycles. The summed E-state index contributed by atoms with van der Waals surface area (Å²) in [7, 11) is 5.80. The second kappa shape index (κ2) is 10.3. The van der Waals surface area contributed by atoms with Crippen molar-refractivity contribution in [1.82, 2.24) is 24.7 Å². The number of nitrogens with one attached hydrogen (secondary N) is 1. The normalized spacial score (nSPS) is 26.0. The maximum absolute atomic E-state index is 13.7. The summed E-state index contributed by atoms with van der Waals surface area (Å²) in [5.74, 6) is 0.663. The van der Waals surface area contributed by atoms with Gasteiger partial charge in [0, 0.05) is 24.8 Å². The minimum absolute atomic E-state index is 0.00553. The number of benzene rings is 1. The summed E-state index contributed by atoms with van der Waals surface area (Å²) in [6, 6.07) is 12.5. The maximum atomic E-state index is 13.7. The fraction of sp³-hybridized carbons (Fsp3) is 0.571. The van der Waals surface area contributed by atoms with E-state index in [2.05, 4.69) is 69.5 Å². The average molecular weight is 507 g/mol. The maximum Gasteiger partial charge on any atom is 0.321 e. The molecule has 9 heteroatoms. The average Bonchev–Trinajstić information content (AvgIpc) is 3.12. The molecule has 198 valence electrons. The van der Waals surface area contributed by atoms with Gasteiger partial charge in [0.1, 0.15) is 12.4 Å². The van der Waals surface area contributed by atoms with Crippen LogP contribution in [0.1, 0.15) is 50.5 Å². The number of amides is 3. The molecule has 0 radical (unpaired) electrons. The number of hydrogen-bond donors (Lipinski definition) is 1. The Morgan fingerprint density at radius 1 is 1.14 bits per heavy atom. The summed E-state index contributed by atoms with van der Waals surface area (Å²) < 4.78 is 5.05. The van der Waals surface area contributed by atoms with Gasteiger partial charge in [-0.2, -0.15) is 4.98 Å². The van der Waals surface area contributed by atoms with E-state index < -0.39 is 0 Å². The van der Waals surface area contributed by atoms with Crippen molar-refractivity contribution in [3.8, 4) is 6.01 Å². The molecular formula is C28H38N6O3. The molecule has 1 aliphatic heterocycles. The number of rotatable bonds is 8. The molecule has 1 N–H and O–H groups in total. The third-order valence-electron chi connectivity index (χ3n) is 8.82. The summed E-state index contributed by atoms with van der Waals surface area (Å²) in [4.78, 5) is 41.0. The van der Waals surface area contributed by atoms with Gasteiger partial charge < -0.3 is 19.9 Å². The van der Waals surface area contributed by atoms with Gasteiger partial charge in [-0.25, -0.2) is 9.78 Å². The summed E-state index contributed by atoms with van der Waals surface area (Å²) in [6.07, 6.45) is 8.91. The molecule has 2 saturated carbocycles. The van der Waals surface area contributed by atoms with Gasteiger partial charge in [0.05, 0.1) is 12.6 Å². The van der Waals surface area contributed by atoms with Crippen molar-refractivity contribution < 1.29 is 14.3 Å². The molecule has 3 amide bonds. The first-order valence-electron chi connectivity index (χ1n) is 13.3. The Hall–Kier alpha value is -3.20. The molecule has 3 fully saturated rings. The molecule has 1 spiro atoms. The SMILES string of the molecule is COc1nccc(NC(=O)CN2C[C@]3(CC[C@@](c4ccccc4)(N(C)C)CC3)N(CC3CCC3)C2=O)n1. The Morgan fingerprint density at radius 2 is 1.86 bits per heavy atom. The van der Waals surface area contributed by atoms with Gasteiger partial charge in [-0.15, -0.1) is 0 Å². The first-order chi connectivity index (χ1) is 17.8. The van der Waals surface area contributed by atoms with Crippen molar-refractivity contribution in [2.75, 3.05) is 46.2 Å². The van der Waals surface area contributed by atoms with Gasteiger partial charge in [0.25, 0.3) is 0 Å². The third-order valence-corrected chi connectivity index (χ3v) is 8.82. The number of ether oxygens (including phenoxy) is 1. The molecule has 37 heavy (non-hydrogen) atoms. The Labute approximate surface area is 219 Å². The highest BCUT2D eigenvalue weighted by molar-refractivity contribution is 5.94. The Kier molecular flexibility index (Phi) is 7.07. The highest BCUT2D eigenvalue weighted by Crippen LogP contribution is 2.49. The molecule has 3 aliphatic rings. The van der Waals surface area contributed by atoms with Crippen molar-refractivity contribution in [1.29, 1.82) is 0 Å². The van der Waals surface area contributed by atoms with E-state index in [9.17, 15) is 9.59 Å². The molecular weight excluding hydrogens is 468 g/mol. The van der Waals surface area contributed by atoms with E-state index in [1.54, 1.807) is 11.0 Å². The van der Waals surface area contributed by atoms with Crippen LogP contribution >= 0.6 is 0 Å². The van der Waals surface area contributed by atoms with Crippen LogP contribution in [0.4, 0.5) is 10.6 Å². The highest BCUT2D eigenvalue weighted by atomic mass is 16.5. The van der Waals surface area contributed by atoms with E-state index >= 15 is 0 Å². The number of carbonyl (C=O) groups is 2. The standard InChI is InChI=1S/C28H38N6O3/c1-32(2)28(22-10-5-4-6-11-22)15-13-27(14-16-28)20-33(26(36)34(27)18-21-8-7-9-21)19-24(35)30-23-12-17-29-25(31-23)37-3/h4-6,10-12,17,21H,7-9,13-16,18-20H2,1-3H3,(H,29,30,31,35)/t27-,28-. The van der Waals surface area contributed by atoms with E-state index in [4.69, 9.17) is 4.74 Å². The molecule has 9 nitrogen and oxygen atoms in total. The van der Waals surface area contributed by atoms with E-state index in [0.717, 1.165) is 32.2 Å². The Bertz CT molecular complexity index is 1110. The molecule has 1 aromatic carbocycles. The van der Waals surface area contributed by atoms with E-state index in [-0.39, 0.29) is 35.6 Å². The van der Waals surface area contributed by atoms with Crippen LogP contribution < -0.4 is 10.1 Å². The van der Waals surface area contributed by atoms with E-state index in [1.165, 1.54) is 38.1 Å². The quantitative estimate of drug-likeness (QED) is 0.587. The lowest BCUT2D eigenvalue weighted by molar-refractivity contribution is -0.116. The first-order valence-corrected chi connectivity index (χ1v) is 13.3. The summed E-state index contributed by atoms with van der Waals surface area (Å²) >= 11 is 0. The van der Waals surface area contributed by atoms with Crippen molar-refractivity contribution in [3.05, 3.63) is 48.2 Å². The summed E-state index contributed by atoms with van der Waals surface area (Å²) in [5.41, 5.74) is 1.05. The summed E-state index contributed by atoms with van der Waals surface area (Å²) in [5, 5.41) is 2.79. The van der Waals surface area contributed by atoms with Crippen LogP contribution in [0.2, 0.25) is 0 Å². The topological polar surface area (TPSA) is 90.9 Å². The van der Waals surface area contributed by atoms with Gasteiger partial charge in [-0.05, 0) is 70.2 Å². The number of nitrogens with zero attached hydrogens (tertiary/aromatic N) is 5. The number of hydrogen-bond acceptors (Lipinski definition) is 6. The third kappa shape index (κ3) is 4.89. The second-order valence-electron chi connectivity index (χ2n) is 11.0. The first kappa shape index (κ1) is 25.4. The molecule has 2 aromatic rings. The monoisotopic (exact) mass is 506 g/mol. The van der Waals surface area contributed by atoms with E-state index in [1.807, 2.05) is 0 Å². The van der Waals surface area contributed by atoms with Crippen molar-refractivity contribution in [2.45, 2.75) is 56.0 Å². The number of anilines is 1. The highest BCUT2D eigenvalue weighted by Gasteiger charge is 2.55. The zero-order valence-corrected chi connectivity index (χ0v) is 22.2. The predicted molar refractivity (Wildman–Crippen MR) is 141 cm³/mol. The fourth-order valence-electron chi connectivity index (χ4n) is 6.37. The molecule has 1 aromatic heterocycles. The molecule has 0 bridgehead atoms. The zero-order valence-electron chi connectivity index (χ0n) is 22.2. The van der Waals surface area contributed by atoms with Crippen LogP contribution in [0.3, 0.4) is 0 Å². The van der Waals surface area contributed by atoms with Crippen molar-refractivity contribution in [3.63, 3.8) is 0 Å². The van der Waals surface area contributed by atoms with Crippen LogP contribution in [0.15, 0.2) is 42.6 Å². The lowest BCUT2D eigenvalue weighted by atomic mass is 9.68. The number of urea groups is 1.